The highest BCUT2D eigenvalue weighted by Gasteiger charge is 2.48. The Morgan fingerprint density at radius 3 is 2.09 bits per heavy atom. The van der Waals surface area contributed by atoms with Gasteiger partial charge in [0, 0.05) is 0 Å². The van der Waals surface area contributed by atoms with Gasteiger partial charge in [-0.3, -0.25) is 0 Å². The average molecular weight is 304 g/mol. The lowest BCUT2D eigenvalue weighted by molar-refractivity contribution is 0.886. The van der Waals surface area contributed by atoms with Crippen molar-refractivity contribution >= 4 is 17.2 Å². The van der Waals surface area contributed by atoms with E-state index in [1.165, 1.54) is 16.7 Å². The van der Waals surface area contributed by atoms with Crippen LogP contribution in [0.25, 0.3) is 5.57 Å². The van der Waals surface area contributed by atoms with Crippen LogP contribution in [0, 0.1) is 0 Å². The van der Waals surface area contributed by atoms with E-state index in [0.717, 1.165) is 5.69 Å². The average Bonchev–Trinajstić information content (AvgIpc) is 3.33. The molecular formula is C20H14ClN. The van der Waals surface area contributed by atoms with Gasteiger partial charge < -0.3 is 0 Å². The SMILES string of the molecule is Clc1cccc(C2(c3ccccc3)C=C2c2ccccc2)n1. The third-order valence-corrected chi connectivity index (χ3v) is 4.35. The number of halogens is 1. The number of pyridine rings is 1. The van der Waals surface area contributed by atoms with E-state index < -0.39 is 0 Å². The molecular weight excluding hydrogens is 290 g/mol. The number of benzene rings is 2. The summed E-state index contributed by atoms with van der Waals surface area (Å²) in [5.74, 6) is 0. The number of hydrogen-bond acceptors (Lipinski definition) is 1. The molecule has 1 aliphatic carbocycles. The molecule has 0 spiro atoms. The molecule has 1 nitrogen and oxygen atoms in total. The molecule has 0 amide bonds. The lowest BCUT2D eigenvalue weighted by atomic mass is 9.84. The molecule has 2 heteroatoms. The Morgan fingerprint density at radius 2 is 1.41 bits per heavy atom. The van der Waals surface area contributed by atoms with Gasteiger partial charge in [0.1, 0.15) is 5.15 Å². The highest BCUT2D eigenvalue weighted by Crippen LogP contribution is 2.56. The smallest absolute Gasteiger partial charge is 0.129 e. The molecule has 1 heterocycles. The van der Waals surface area contributed by atoms with Gasteiger partial charge in [-0.2, -0.15) is 0 Å². The van der Waals surface area contributed by atoms with Gasteiger partial charge in [-0.1, -0.05) is 84.4 Å². The fourth-order valence-electron chi connectivity index (χ4n) is 3.04. The minimum atomic E-state index is -0.256. The van der Waals surface area contributed by atoms with Crippen molar-refractivity contribution in [3.63, 3.8) is 0 Å². The van der Waals surface area contributed by atoms with E-state index in [-0.39, 0.29) is 5.41 Å². The molecule has 0 saturated carbocycles. The normalized spacial score (nSPS) is 19.6. The van der Waals surface area contributed by atoms with Crippen molar-refractivity contribution in [1.82, 2.24) is 4.98 Å². The number of hydrogen-bond donors (Lipinski definition) is 0. The van der Waals surface area contributed by atoms with Crippen LogP contribution < -0.4 is 0 Å². The van der Waals surface area contributed by atoms with Crippen molar-refractivity contribution in [2.24, 2.45) is 0 Å². The van der Waals surface area contributed by atoms with Gasteiger partial charge in [-0.15, -0.1) is 0 Å². The first kappa shape index (κ1) is 13.3. The lowest BCUT2D eigenvalue weighted by Gasteiger charge is -2.19. The first-order valence-electron chi connectivity index (χ1n) is 7.28. The van der Waals surface area contributed by atoms with Crippen LogP contribution in [0.15, 0.2) is 84.9 Å². The summed E-state index contributed by atoms with van der Waals surface area (Å²) < 4.78 is 0. The van der Waals surface area contributed by atoms with Gasteiger partial charge in [-0.05, 0) is 28.8 Å². The van der Waals surface area contributed by atoms with E-state index in [2.05, 4.69) is 59.6 Å². The second-order valence-electron chi connectivity index (χ2n) is 5.44. The van der Waals surface area contributed by atoms with Crippen molar-refractivity contribution < 1.29 is 0 Å². The molecule has 0 radical (unpaired) electrons. The third-order valence-electron chi connectivity index (χ3n) is 4.14. The Bertz CT molecular complexity index is 840. The summed E-state index contributed by atoms with van der Waals surface area (Å²) in [7, 11) is 0. The monoisotopic (exact) mass is 303 g/mol. The van der Waals surface area contributed by atoms with Gasteiger partial charge in [0.15, 0.2) is 0 Å². The molecule has 4 rings (SSSR count). The van der Waals surface area contributed by atoms with Crippen LogP contribution in [0.2, 0.25) is 5.15 Å². The van der Waals surface area contributed by atoms with Crippen molar-refractivity contribution in [3.05, 3.63) is 107 Å². The first-order chi connectivity index (χ1) is 10.8. The molecule has 1 aromatic heterocycles. The summed E-state index contributed by atoms with van der Waals surface area (Å²) >= 11 is 6.13. The van der Waals surface area contributed by atoms with Crippen molar-refractivity contribution in [2.75, 3.05) is 0 Å². The fourth-order valence-corrected chi connectivity index (χ4v) is 3.20. The summed E-state index contributed by atoms with van der Waals surface area (Å²) in [6.45, 7) is 0. The van der Waals surface area contributed by atoms with Gasteiger partial charge in [0.05, 0.1) is 11.1 Å². The zero-order valence-electron chi connectivity index (χ0n) is 11.9. The number of aromatic nitrogens is 1. The van der Waals surface area contributed by atoms with Crippen molar-refractivity contribution in [2.45, 2.75) is 5.41 Å². The Balaban J connectivity index is 1.86. The standard InChI is InChI=1S/C20H14ClN/c21-19-13-7-12-18(22-19)20(16-10-5-2-6-11-16)14-17(20)15-8-3-1-4-9-15/h1-14H. The first-order valence-corrected chi connectivity index (χ1v) is 7.66. The number of nitrogens with zero attached hydrogens (tertiary/aromatic N) is 1. The van der Waals surface area contributed by atoms with Crippen LogP contribution in [0.3, 0.4) is 0 Å². The molecule has 0 aliphatic heterocycles. The maximum atomic E-state index is 6.13. The molecule has 22 heavy (non-hydrogen) atoms. The second-order valence-corrected chi connectivity index (χ2v) is 5.83. The molecule has 0 fully saturated rings. The molecule has 2 aromatic carbocycles. The summed E-state index contributed by atoms with van der Waals surface area (Å²) in [6.07, 6.45) is 2.27. The van der Waals surface area contributed by atoms with Crippen LogP contribution in [-0.2, 0) is 5.41 Å². The molecule has 106 valence electrons. The fraction of sp³-hybridized carbons (Fsp3) is 0.0500. The maximum Gasteiger partial charge on any atom is 0.129 e. The molecule has 0 bridgehead atoms. The van der Waals surface area contributed by atoms with Crippen LogP contribution in [0.4, 0.5) is 0 Å². The van der Waals surface area contributed by atoms with Gasteiger partial charge in [-0.25, -0.2) is 4.98 Å². The van der Waals surface area contributed by atoms with E-state index in [1.54, 1.807) is 0 Å². The quantitative estimate of drug-likeness (QED) is 0.612. The van der Waals surface area contributed by atoms with E-state index in [1.807, 2.05) is 30.3 Å². The molecule has 0 saturated heterocycles. The van der Waals surface area contributed by atoms with Crippen molar-refractivity contribution in [3.8, 4) is 0 Å². The topological polar surface area (TPSA) is 12.9 Å². The van der Waals surface area contributed by atoms with E-state index >= 15 is 0 Å². The molecule has 0 N–H and O–H groups in total. The summed E-state index contributed by atoms with van der Waals surface area (Å²) in [4.78, 5) is 4.57. The zero-order chi connectivity index (χ0) is 15.0. The Labute approximate surface area is 134 Å². The highest BCUT2D eigenvalue weighted by molar-refractivity contribution is 6.29. The Kier molecular flexibility index (Phi) is 3.09. The molecule has 1 aliphatic rings. The van der Waals surface area contributed by atoms with Crippen LogP contribution in [0.5, 0.6) is 0 Å². The lowest BCUT2D eigenvalue weighted by Crippen LogP contribution is -2.15. The van der Waals surface area contributed by atoms with E-state index in [9.17, 15) is 0 Å². The maximum absolute atomic E-state index is 6.13. The Morgan fingerprint density at radius 1 is 0.727 bits per heavy atom. The minimum absolute atomic E-state index is 0.256. The van der Waals surface area contributed by atoms with Crippen LogP contribution in [0.1, 0.15) is 16.8 Å². The predicted octanol–water partition coefficient (Wildman–Crippen LogP) is 5.12. The van der Waals surface area contributed by atoms with E-state index in [4.69, 9.17) is 11.6 Å². The number of allylic oxidation sites excluding steroid dienone is 2. The Hall–Kier alpha value is -2.38. The van der Waals surface area contributed by atoms with Gasteiger partial charge >= 0.3 is 0 Å². The highest BCUT2D eigenvalue weighted by atomic mass is 35.5. The number of rotatable bonds is 3. The van der Waals surface area contributed by atoms with Crippen LogP contribution >= 0.6 is 11.6 Å². The molecule has 1 unspecified atom stereocenters. The second kappa shape index (κ2) is 5.11. The minimum Gasteiger partial charge on any atom is -0.240 e. The van der Waals surface area contributed by atoms with Gasteiger partial charge in [0.25, 0.3) is 0 Å². The molecule has 1 atom stereocenters. The van der Waals surface area contributed by atoms with Crippen molar-refractivity contribution in [1.29, 1.82) is 0 Å². The third kappa shape index (κ3) is 2.06. The summed E-state index contributed by atoms with van der Waals surface area (Å²) in [5.41, 5.74) is 4.46. The van der Waals surface area contributed by atoms with Crippen LogP contribution in [-0.4, -0.2) is 4.98 Å². The van der Waals surface area contributed by atoms with Gasteiger partial charge in [0.2, 0.25) is 0 Å². The van der Waals surface area contributed by atoms with E-state index in [0.29, 0.717) is 5.15 Å². The zero-order valence-corrected chi connectivity index (χ0v) is 12.7. The largest absolute Gasteiger partial charge is 0.240 e. The predicted molar refractivity (Wildman–Crippen MR) is 90.9 cm³/mol. The summed E-state index contributed by atoms with van der Waals surface area (Å²) in [6, 6.07) is 26.7. The molecule has 3 aromatic rings. The summed E-state index contributed by atoms with van der Waals surface area (Å²) in [5, 5.41) is 0.528.